The van der Waals surface area contributed by atoms with Crippen molar-refractivity contribution in [3.8, 4) is 11.1 Å². The molecule has 1 aliphatic heterocycles. The van der Waals surface area contributed by atoms with Crippen LogP contribution in [0.3, 0.4) is 0 Å². The second kappa shape index (κ2) is 9.87. The number of benzene rings is 1. The first kappa shape index (κ1) is 25.6. The van der Waals surface area contributed by atoms with Gasteiger partial charge in [0.15, 0.2) is 5.82 Å². The summed E-state index contributed by atoms with van der Waals surface area (Å²) in [5, 5.41) is 4.43. The maximum absolute atomic E-state index is 12.6. The van der Waals surface area contributed by atoms with Crippen LogP contribution >= 0.6 is 0 Å². The minimum absolute atomic E-state index is 0.0168. The highest BCUT2D eigenvalue weighted by molar-refractivity contribution is 5.68. The fourth-order valence-corrected chi connectivity index (χ4v) is 4.50. The van der Waals surface area contributed by atoms with Gasteiger partial charge in [-0.05, 0) is 57.6 Å². The van der Waals surface area contributed by atoms with Crippen LogP contribution in [0.15, 0.2) is 41.2 Å². The van der Waals surface area contributed by atoms with Crippen LogP contribution < -0.4 is 5.73 Å². The summed E-state index contributed by atoms with van der Waals surface area (Å²) in [5.41, 5.74) is 7.61. The molecule has 1 saturated heterocycles. The van der Waals surface area contributed by atoms with Crippen LogP contribution in [0.4, 0.5) is 10.7 Å². The van der Waals surface area contributed by atoms with Crippen LogP contribution in [0.1, 0.15) is 77.6 Å². The first-order chi connectivity index (χ1) is 17.0. The van der Waals surface area contributed by atoms with Gasteiger partial charge in [-0.1, -0.05) is 43.3 Å². The molecule has 1 aliphatic rings. The number of nitrogens with two attached hydrogens (primary N) is 1. The standard InChI is InChI=1S/C27H36N6O3/c1-17(2)27(6,21-11-9-18(10-12-21)20-14-29-24(28)30-15-20)23-31-22(36-32-23)19-8-7-13-33(16-19)25(34)35-26(3,4)5/h9-12,14-15,17,19H,7-8,13,16H2,1-6H3,(H2,28,29,30). The van der Waals surface area contributed by atoms with Crippen LogP contribution in [0.2, 0.25) is 0 Å². The third-order valence-electron chi connectivity index (χ3n) is 6.97. The van der Waals surface area contributed by atoms with Gasteiger partial charge >= 0.3 is 6.09 Å². The monoisotopic (exact) mass is 492 g/mol. The van der Waals surface area contributed by atoms with Gasteiger partial charge in [0, 0.05) is 31.0 Å². The van der Waals surface area contributed by atoms with Crippen molar-refractivity contribution in [2.45, 2.75) is 71.3 Å². The van der Waals surface area contributed by atoms with Gasteiger partial charge in [-0.2, -0.15) is 4.98 Å². The van der Waals surface area contributed by atoms with E-state index >= 15 is 0 Å². The number of carbonyl (C=O) groups excluding carboxylic acids is 1. The molecule has 0 radical (unpaired) electrons. The number of likely N-dealkylation sites (tertiary alicyclic amines) is 1. The zero-order chi connectivity index (χ0) is 26.1. The van der Waals surface area contributed by atoms with Gasteiger partial charge in [-0.3, -0.25) is 0 Å². The molecule has 3 heterocycles. The topological polar surface area (TPSA) is 120 Å². The third-order valence-corrected chi connectivity index (χ3v) is 6.97. The van der Waals surface area contributed by atoms with Crippen molar-refractivity contribution >= 4 is 12.0 Å². The minimum Gasteiger partial charge on any atom is -0.444 e. The summed E-state index contributed by atoms with van der Waals surface area (Å²) in [4.78, 5) is 27.4. The average Bonchev–Trinajstić information content (AvgIpc) is 3.34. The van der Waals surface area contributed by atoms with Crippen LogP contribution in [0.25, 0.3) is 11.1 Å². The number of hydrogen-bond acceptors (Lipinski definition) is 8. The predicted molar refractivity (Wildman–Crippen MR) is 137 cm³/mol. The SMILES string of the molecule is CC(C)C(C)(c1ccc(-c2cnc(N)nc2)cc1)c1noc(C2CCCN(C(=O)OC(C)(C)C)C2)n1. The van der Waals surface area contributed by atoms with Crippen molar-refractivity contribution in [3.63, 3.8) is 0 Å². The van der Waals surface area contributed by atoms with Crippen LogP contribution in [-0.4, -0.2) is 49.8 Å². The Bertz CT molecular complexity index is 1180. The lowest BCUT2D eigenvalue weighted by atomic mass is 9.72. The van der Waals surface area contributed by atoms with E-state index in [1.54, 1.807) is 17.3 Å². The normalized spacial score (nSPS) is 18.2. The molecule has 0 bridgehead atoms. The first-order valence-corrected chi connectivity index (χ1v) is 12.5. The summed E-state index contributed by atoms with van der Waals surface area (Å²) in [6.07, 6.45) is 4.88. The third kappa shape index (κ3) is 5.34. The summed E-state index contributed by atoms with van der Waals surface area (Å²) < 4.78 is 11.4. The number of nitrogen functional groups attached to an aromatic ring is 1. The molecule has 3 aromatic rings. The number of nitrogens with zero attached hydrogens (tertiary/aromatic N) is 5. The Hall–Kier alpha value is -3.49. The van der Waals surface area contributed by atoms with Crippen molar-refractivity contribution in [2.24, 2.45) is 5.92 Å². The molecule has 0 aliphatic carbocycles. The van der Waals surface area contributed by atoms with Gasteiger partial charge in [-0.25, -0.2) is 14.8 Å². The summed E-state index contributed by atoms with van der Waals surface area (Å²) >= 11 is 0. The number of rotatable bonds is 5. The Morgan fingerprint density at radius 2 is 1.78 bits per heavy atom. The maximum atomic E-state index is 12.6. The molecule has 1 fully saturated rings. The molecule has 9 nitrogen and oxygen atoms in total. The van der Waals surface area contributed by atoms with E-state index in [9.17, 15) is 4.79 Å². The number of hydrogen-bond donors (Lipinski definition) is 1. The Balaban J connectivity index is 1.55. The van der Waals surface area contributed by atoms with Crippen molar-refractivity contribution in [1.29, 1.82) is 0 Å². The molecule has 2 aromatic heterocycles. The van der Waals surface area contributed by atoms with Gasteiger partial charge in [-0.15, -0.1) is 0 Å². The lowest BCUT2D eigenvalue weighted by Crippen LogP contribution is -2.42. The van der Waals surface area contributed by atoms with Crippen molar-refractivity contribution in [1.82, 2.24) is 25.0 Å². The second-order valence-corrected chi connectivity index (χ2v) is 11.0. The lowest BCUT2D eigenvalue weighted by Gasteiger charge is -2.33. The van der Waals surface area contributed by atoms with Crippen molar-refractivity contribution in [3.05, 3.63) is 53.9 Å². The number of carbonyl (C=O) groups is 1. The van der Waals surface area contributed by atoms with E-state index in [0.717, 1.165) is 29.5 Å². The Morgan fingerprint density at radius 1 is 1.11 bits per heavy atom. The van der Waals surface area contributed by atoms with Crippen LogP contribution in [0, 0.1) is 5.92 Å². The number of piperidine rings is 1. The summed E-state index contributed by atoms with van der Waals surface area (Å²) in [6, 6.07) is 8.27. The van der Waals surface area contributed by atoms with E-state index < -0.39 is 11.0 Å². The molecule has 2 unspecified atom stereocenters. The Labute approximate surface area is 212 Å². The van der Waals surface area contributed by atoms with Gasteiger partial charge < -0.3 is 19.9 Å². The van der Waals surface area contributed by atoms with Crippen molar-refractivity contribution in [2.75, 3.05) is 18.8 Å². The zero-order valence-corrected chi connectivity index (χ0v) is 22.0. The highest BCUT2D eigenvalue weighted by Crippen LogP contribution is 2.39. The first-order valence-electron chi connectivity index (χ1n) is 12.5. The number of amides is 1. The molecule has 1 amide bonds. The molecule has 0 saturated carbocycles. The van der Waals surface area contributed by atoms with Crippen LogP contribution in [-0.2, 0) is 10.2 Å². The highest BCUT2D eigenvalue weighted by atomic mass is 16.6. The molecule has 4 rings (SSSR count). The zero-order valence-electron chi connectivity index (χ0n) is 22.0. The summed E-state index contributed by atoms with van der Waals surface area (Å²) in [6.45, 7) is 13.2. The molecule has 36 heavy (non-hydrogen) atoms. The largest absolute Gasteiger partial charge is 0.444 e. The van der Waals surface area contributed by atoms with Gasteiger partial charge in [0.2, 0.25) is 11.8 Å². The van der Waals surface area contributed by atoms with E-state index in [0.29, 0.717) is 24.8 Å². The molecule has 0 spiro atoms. The Kier molecular flexibility index (Phi) is 7.02. The summed E-state index contributed by atoms with van der Waals surface area (Å²) in [7, 11) is 0. The van der Waals surface area contributed by atoms with E-state index in [-0.39, 0.29) is 23.9 Å². The molecular weight excluding hydrogens is 456 g/mol. The van der Waals surface area contributed by atoms with E-state index in [2.05, 4.69) is 48.0 Å². The maximum Gasteiger partial charge on any atom is 0.410 e. The van der Waals surface area contributed by atoms with E-state index in [1.807, 2.05) is 32.9 Å². The van der Waals surface area contributed by atoms with Gasteiger partial charge in [0.1, 0.15) is 5.60 Å². The van der Waals surface area contributed by atoms with Crippen LogP contribution in [0.5, 0.6) is 0 Å². The summed E-state index contributed by atoms with van der Waals surface area (Å²) in [5.74, 6) is 1.66. The predicted octanol–water partition coefficient (Wildman–Crippen LogP) is 5.19. The number of anilines is 1. The Morgan fingerprint density at radius 3 is 2.39 bits per heavy atom. The van der Waals surface area contributed by atoms with Crippen molar-refractivity contribution < 1.29 is 14.1 Å². The molecule has 2 N–H and O–H groups in total. The average molecular weight is 493 g/mol. The quantitative estimate of drug-likeness (QED) is 0.517. The van der Waals surface area contributed by atoms with Gasteiger partial charge in [0.25, 0.3) is 0 Å². The minimum atomic E-state index is -0.531. The van der Waals surface area contributed by atoms with Gasteiger partial charge in [0.05, 0.1) is 11.3 Å². The van der Waals surface area contributed by atoms with E-state index in [4.69, 9.17) is 20.0 Å². The molecule has 2 atom stereocenters. The number of ether oxygens (including phenoxy) is 1. The highest BCUT2D eigenvalue weighted by Gasteiger charge is 2.39. The number of aromatic nitrogens is 4. The molecule has 1 aromatic carbocycles. The fourth-order valence-electron chi connectivity index (χ4n) is 4.50. The molecule has 192 valence electrons. The second-order valence-electron chi connectivity index (χ2n) is 11.0. The van der Waals surface area contributed by atoms with E-state index in [1.165, 1.54) is 0 Å². The lowest BCUT2D eigenvalue weighted by molar-refractivity contribution is 0.0189. The molecule has 9 heteroatoms. The smallest absolute Gasteiger partial charge is 0.410 e. The molecular formula is C27H36N6O3. The fraction of sp³-hybridized carbons (Fsp3) is 0.519.